The predicted molar refractivity (Wildman–Crippen MR) is 60.2 cm³/mol. The van der Waals surface area contributed by atoms with Gasteiger partial charge in [-0.2, -0.15) is 13.2 Å². The Kier molecular flexibility index (Phi) is 4.95. The number of hydrogen-bond donors (Lipinski definition) is 1. The van der Waals surface area contributed by atoms with Crippen molar-refractivity contribution in [1.82, 2.24) is 5.32 Å². The monoisotopic (exact) mass is 265 g/mol. The maximum Gasteiger partial charge on any atom is 0.401 e. The smallest absolute Gasteiger partial charge is 0.401 e. The number of alkyl halides is 3. The highest BCUT2D eigenvalue weighted by molar-refractivity contribution is 5.29. The van der Waals surface area contributed by atoms with Crippen molar-refractivity contribution in [1.29, 1.82) is 0 Å². The summed E-state index contributed by atoms with van der Waals surface area (Å²) in [6, 6.07) is 4.37. The Labute approximate surface area is 103 Å². The van der Waals surface area contributed by atoms with Crippen LogP contribution in [0.3, 0.4) is 0 Å². The number of hydrogen-bond acceptors (Lipinski definition) is 2. The molecule has 1 rings (SSSR count). The van der Waals surface area contributed by atoms with Crippen LogP contribution in [-0.2, 0) is 0 Å². The Morgan fingerprint density at radius 3 is 2.61 bits per heavy atom. The third-order valence-electron chi connectivity index (χ3n) is 2.17. The van der Waals surface area contributed by atoms with Gasteiger partial charge in [0, 0.05) is 6.54 Å². The lowest BCUT2D eigenvalue weighted by Crippen LogP contribution is -2.35. The molecule has 6 heteroatoms. The SMILES string of the molecule is Cc1ccc(F)c(OC(C)CNCC(F)(F)F)c1. The van der Waals surface area contributed by atoms with Gasteiger partial charge in [0.1, 0.15) is 6.10 Å². The highest BCUT2D eigenvalue weighted by atomic mass is 19.4. The van der Waals surface area contributed by atoms with Gasteiger partial charge in [-0.15, -0.1) is 0 Å². The van der Waals surface area contributed by atoms with E-state index in [2.05, 4.69) is 5.32 Å². The first-order chi connectivity index (χ1) is 8.28. The van der Waals surface area contributed by atoms with Crippen molar-refractivity contribution in [2.24, 2.45) is 0 Å². The van der Waals surface area contributed by atoms with E-state index in [0.717, 1.165) is 5.56 Å². The molecule has 0 amide bonds. The molecule has 0 spiro atoms. The number of rotatable bonds is 5. The molecule has 0 heterocycles. The lowest BCUT2D eigenvalue weighted by molar-refractivity contribution is -0.125. The molecule has 0 bridgehead atoms. The van der Waals surface area contributed by atoms with E-state index in [4.69, 9.17) is 4.74 Å². The van der Waals surface area contributed by atoms with Gasteiger partial charge in [0.2, 0.25) is 0 Å². The molecule has 0 aliphatic rings. The fraction of sp³-hybridized carbons (Fsp3) is 0.500. The summed E-state index contributed by atoms with van der Waals surface area (Å²) < 4.78 is 54.2. The summed E-state index contributed by atoms with van der Waals surface area (Å²) in [5, 5.41) is 2.21. The predicted octanol–water partition coefficient (Wildman–Crippen LogP) is 3.05. The Balaban J connectivity index is 2.44. The van der Waals surface area contributed by atoms with Crippen molar-refractivity contribution in [3.8, 4) is 5.75 Å². The first-order valence-corrected chi connectivity index (χ1v) is 5.48. The summed E-state index contributed by atoms with van der Waals surface area (Å²) in [4.78, 5) is 0. The van der Waals surface area contributed by atoms with Crippen LogP contribution in [0.15, 0.2) is 18.2 Å². The second-order valence-corrected chi connectivity index (χ2v) is 4.11. The molecule has 1 aromatic carbocycles. The van der Waals surface area contributed by atoms with Crippen molar-refractivity contribution in [2.45, 2.75) is 26.1 Å². The summed E-state index contributed by atoms with van der Waals surface area (Å²) >= 11 is 0. The van der Waals surface area contributed by atoms with Crippen LogP contribution in [0.4, 0.5) is 17.6 Å². The van der Waals surface area contributed by atoms with Crippen LogP contribution in [0, 0.1) is 12.7 Å². The molecule has 0 fully saturated rings. The number of halogens is 4. The molecular weight excluding hydrogens is 250 g/mol. The molecule has 18 heavy (non-hydrogen) atoms. The van der Waals surface area contributed by atoms with Gasteiger partial charge < -0.3 is 10.1 Å². The van der Waals surface area contributed by atoms with Crippen LogP contribution in [0.2, 0.25) is 0 Å². The van der Waals surface area contributed by atoms with Crippen molar-refractivity contribution in [2.75, 3.05) is 13.1 Å². The summed E-state index contributed by atoms with van der Waals surface area (Å²) in [6.45, 7) is 2.26. The minimum atomic E-state index is -4.26. The average molecular weight is 265 g/mol. The topological polar surface area (TPSA) is 21.3 Å². The first-order valence-electron chi connectivity index (χ1n) is 5.48. The zero-order chi connectivity index (χ0) is 13.8. The third kappa shape index (κ3) is 5.35. The van der Waals surface area contributed by atoms with E-state index >= 15 is 0 Å². The second kappa shape index (κ2) is 6.04. The van der Waals surface area contributed by atoms with Crippen molar-refractivity contribution >= 4 is 0 Å². The molecule has 102 valence electrons. The van der Waals surface area contributed by atoms with Crippen molar-refractivity contribution in [3.63, 3.8) is 0 Å². The molecule has 1 aromatic rings. The molecule has 0 aromatic heterocycles. The van der Waals surface area contributed by atoms with Crippen molar-refractivity contribution in [3.05, 3.63) is 29.6 Å². The highest BCUT2D eigenvalue weighted by Crippen LogP contribution is 2.19. The minimum absolute atomic E-state index is 0.00705. The summed E-state index contributed by atoms with van der Waals surface area (Å²) in [5.41, 5.74) is 0.821. The zero-order valence-electron chi connectivity index (χ0n) is 10.1. The molecule has 2 nitrogen and oxygen atoms in total. The van der Waals surface area contributed by atoms with Crippen LogP contribution in [-0.4, -0.2) is 25.4 Å². The lowest BCUT2D eigenvalue weighted by atomic mass is 10.2. The van der Waals surface area contributed by atoms with E-state index in [1.54, 1.807) is 19.9 Å². The van der Waals surface area contributed by atoms with Crippen LogP contribution < -0.4 is 10.1 Å². The first kappa shape index (κ1) is 14.8. The molecule has 0 aliphatic heterocycles. The van der Waals surface area contributed by atoms with Crippen LogP contribution >= 0.6 is 0 Å². The van der Waals surface area contributed by atoms with Gasteiger partial charge in [-0.3, -0.25) is 0 Å². The average Bonchev–Trinajstić information content (AvgIpc) is 2.21. The van der Waals surface area contributed by atoms with Gasteiger partial charge in [0.25, 0.3) is 0 Å². The molecule has 0 saturated heterocycles. The van der Waals surface area contributed by atoms with Gasteiger partial charge in [-0.05, 0) is 31.5 Å². The van der Waals surface area contributed by atoms with Gasteiger partial charge in [0.15, 0.2) is 11.6 Å². The fourth-order valence-corrected chi connectivity index (χ4v) is 1.38. The lowest BCUT2D eigenvalue weighted by Gasteiger charge is -2.17. The van der Waals surface area contributed by atoms with Gasteiger partial charge >= 0.3 is 6.18 Å². The van der Waals surface area contributed by atoms with Gasteiger partial charge in [-0.1, -0.05) is 6.07 Å². The molecule has 1 unspecified atom stereocenters. The van der Waals surface area contributed by atoms with Gasteiger partial charge in [-0.25, -0.2) is 4.39 Å². The standard InChI is InChI=1S/C12H15F4NO/c1-8-3-4-10(13)11(5-8)18-9(2)6-17-7-12(14,15)16/h3-5,9,17H,6-7H2,1-2H3. The Morgan fingerprint density at radius 1 is 1.33 bits per heavy atom. The van der Waals surface area contributed by atoms with Gasteiger partial charge in [0.05, 0.1) is 6.54 Å². The number of ether oxygens (including phenoxy) is 1. The molecule has 1 N–H and O–H groups in total. The molecule has 1 atom stereocenters. The van der Waals surface area contributed by atoms with Crippen LogP contribution in [0.1, 0.15) is 12.5 Å². The second-order valence-electron chi connectivity index (χ2n) is 4.11. The van der Waals surface area contributed by atoms with Crippen LogP contribution in [0.25, 0.3) is 0 Å². The molecule has 0 saturated carbocycles. The number of aryl methyl sites for hydroxylation is 1. The molecule has 0 radical (unpaired) electrons. The Bertz CT molecular complexity index is 392. The van der Waals surface area contributed by atoms with E-state index in [-0.39, 0.29) is 12.3 Å². The van der Waals surface area contributed by atoms with E-state index in [9.17, 15) is 17.6 Å². The summed E-state index contributed by atoms with van der Waals surface area (Å²) in [5.74, 6) is -0.473. The Hall–Kier alpha value is -1.30. The van der Waals surface area contributed by atoms with E-state index in [1.165, 1.54) is 12.1 Å². The molecular formula is C12H15F4NO. The minimum Gasteiger partial charge on any atom is -0.486 e. The van der Waals surface area contributed by atoms with Crippen LogP contribution in [0.5, 0.6) is 5.75 Å². The quantitative estimate of drug-likeness (QED) is 0.826. The largest absolute Gasteiger partial charge is 0.486 e. The maximum atomic E-state index is 13.3. The number of nitrogens with one attached hydrogen (secondary N) is 1. The maximum absolute atomic E-state index is 13.3. The number of benzene rings is 1. The zero-order valence-corrected chi connectivity index (χ0v) is 10.1. The van der Waals surface area contributed by atoms with E-state index < -0.39 is 24.6 Å². The normalized spacial score (nSPS) is 13.4. The summed E-state index contributed by atoms with van der Waals surface area (Å²) in [6.07, 6.45) is -4.81. The van der Waals surface area contributed by atoms with E-state index in [0.29, 0.717) is 0 Å². The van der Waals surface area contributed by atoms with E-state index in [1.807, 2.05) is 0 Å². The fourth-order valence-electron chi connectivity index (χ4n) is 1.38. The highest BCUT2D eigenvalue weighted by Gasteiger charge is 2.26. The Morgan fingerprint density at radius 2 is 2.00 bits per heavy atom. The third-order valence-corrected chi connectivity index (χ3v) is 2.17. The summed E-state index contributed by atoms with van der Waals surface area (Å²) in [7, 11) is 0. The van der Waals surface area contributed by atoms with Crippen molar-refractivity contribution < 1.29 is 22.3 Å². The molecule has 0 aliphatic carbocycles.